The van der Waals surface area contributed by atoms with E-state index in [1.807, 2.05) is 13.8 Å². The zero-order valence-corrected chi connectivity index (χ0v) is 12.3. The summed E-state index contributed by atoms with van der Waals surface area (Å²) in [6.45, 7) is 5.36. The van der Waals surface area contributed by atoms with Gasteiger partial charge in [0, 0.05) is 32.2 Å². The van der Waals surface area contributed by atoms with Crippen molar-refractivity contribution in [2.45, 2.75) is 38.6 Å². The smallest absolute Gasteiger partial charge is 0.274 e. The van der Waals surface area contributed by atoms with Crippen LogP contribution in [0.15, 0.2) is 6.20 Å². The van der Waals surface area contributed by atoms with Crippen molar-refractivity contribution in [3.8, 4) is 0 Å². The molecule has 1 aliphatic heterocycles. The molecule has 6 nitrogen and oxygen atoms in total. The highest BCUT2D eigenvalue weighted by molar-refractivity contribution is 5.97. The molecule has 110 valence electrons. The second-order valence-corrected chi connectivity index (χ2v) is 5.45. The van der Waals surface area contributed by atoms with Crippen LogP contribution in [0.4, 0.5) is 5.69 Å². The van der Waals surface area contributed by atoms with Crippen LogP contribution >= 0.6 is 0 Å². The van der Waals surface area contributed by atoms with E-state index in [0.29, 0.717) is 30.4 Å². The van der Waals surface area contributed by atoms with Crippen LogP contribution in [0.2, 0.25) is 0 Å². The molecule has 2 heterocycles. The Bertz CT molecular complexity index is 484. The fourth-order valence-corrected chi connectivity index (χ4v) is 2.26. The molecule has 1 aliphatic rings. The van der Waals surface area contributed by atoms with Gasteiger partial charge in [0.15, 0.2) is 5.69 Å². The quantitative estimate of drug-likeness (QED) is 0.904. The molecule has 1 aromatic rings. The van der Waals surface area contributed by atoms with Crippen LogP contribution in [0, 0.1) is 0 Å². The minimum Gasteiger partial charge on any atom is -0.396 e. The molecule has 0 atom stereocenters. The number of nitrogens with two attached hydrogens (primary N) is 1. The number of nitrogen functional groups attached to an aromatic ring is 1. The minimum absolute atomic E-state index is 0.140. The molecule has 0 unspecified atom stereocenters. The Balaban J connectivity index is 2.21. The Hall–Kier alpha value is -1.69. The van der Waals surface area contributed by atoms with Gasteiger partial charge in [-0.15, -0.1) is 0 Å². The molecular formula is C14H22N4O2. The molecule has 1 fully saturated rings. The summed E-state index contributed by atoms with van der Waals surface area (Å²) in [4.78, 5) is 22.8. The first-order valence-electron chi connectivity index (χ1n) is 6.98. The van der Waals surface area contributed by atoms with E-state index >= 15 is 0 Å². The number of carbonyl (C=O) groups is 1. The second kappa shape index (κ2) is 6.17. The number of rotatable bonds is 3. The van der Waals surface area contributed by atoms with Crippen LogP contribution in [0.3, 0.4) is 0 Å². The molecule has 1 saturated heterocycles. The molecule has 2 N–H and O–H groups in total. The maximum atomic E-state index is 12.6. The van der Waals surface area contributed by atoms with Gasteiger partial charge in [-0.2, -0.15) is 0 Å². The van der Waals surface area contributed by atoms with Gasteiger partial charge in [-0.05, 0) is 12.8 Å². The van der Waals surface area contributed by atoms with E-state index in [9.17, 15) is 4.79 Å². The number of amides is 1. The summed E-state index contributed by atoms with van der Waals surface area (Å²) in [6.07, 6.45) is 3.22. The average Bonchev–Trinajstić information content (AvgIpc) is 2.47. The van der Waals surface area contributed by atoms with Gasteiger partial charge in [-0.3, -0.25) is 4.79 Å². The summed E-state index contributed by atoms with van der Waals surface area (Å²) >= 11 is 0. The van der Waals surface area contributed by atoms with Crippen molar-refractivity contribution in [2.75, 3.05) is 26.0 Å². The second-order valence-electron chi connectivity index (χ2n) is 5.45. The van der Waals surface area contributed by atoms with Crippen LogP contribution in [0.25, 0.3) is 0 Å². The number of carbonyl (C=O) groups excluding carboxylic acids is 1. The summed E-state index contributed by atoms with van der Waals surface area (Å²) < 4.78 is 5.32. The average molecular weight is 278 g/mol. The van der Waals surface area contributed by atoms with Crippen LogP contribution < -0.4 is 5.73 Å². The van der Waals surface area contributed by atoms with Crippen molar-refractivity contribution < 1.29 is 9.53 Å². The van der Waals surface area contributed by atoms with Gasteiger partial charge in [0.1, 0.15) is 5.82 Å². The molecule has 20 heavy (non-hydrogen) atoms. The summed E-state index contributed by atoms with van der Waals surface area (Å²) in [5.74, 6) is 0.664. The number of aromatic nitrogens is 2. The third-order valence-electron chi connectivity index (χ3n) is 3.61. The Morgan fingerprint density at radius 3 is 2.70 bits per heavy atom. The zero-order valence-electron chi connectivity index (χ0n) is 12.3. The number of anilines is 1. The number of nitrogens with zero attached hydrogens (tertiary/aromatic N) is 3. The summed E-state index contributed by atoms with van der Waals surface area (Å²) in [7, 11) is 1.80. The lowest BCUT2D eigenvalue weighted by Gasteiger charge is -2.31. The molecule has 2 rings (SSSR count). The Morgan fingerprint density at radius 2 is 2.10 bits per heavy atom. The lowest BCUT2D eigenvalue weighted by atomic mass is 10.1. The molecule has 0 bridgehead atoms. The number of ether oxygens (including phenoxy) is 1. The SMILES string of the molecule is CC(C)c1ncc(N)c(C(=O)N(C)C2CCOCC2)n1. The third-order valence-corrected chi connectivity index (χ3v) is 3.61. The molecule has 0 saturated carbocycles. The summed E-state index contributed by atoms with van der Waals surface area (Å²) in [5, 5.41) is 0. The fraction of sp³-hybridized carbons (Fsp3) is 0.643. The van der Waals surface area contributed by atoms with E-state index in [2.05, 4.69) is 9.97 Å². The van der Waals surface area contributed by atoms with Crippen LogP contribution in [0.5, 0.6) is 0 Å². The van der Waals surface area contributed by atoms with E-state index < -0.39 is 0 Å². The highest BCUT2D eigenvalue weighted by Crippen LogP contribution is 2.19. The Labute approximate surface area is 119 Å². The van der Waals surface area contributed by atoms with Gasteiger partial charge < -0.3 is 15.4 Å². The predicted octanol–water partition coefficient (Wildman–Crippen LogP) is 1.43. The molecule has 1 amide bonds. The first-order chi connectivity index (χ1) is 9.50. The highest BCUT2D eigenvalue weighted by Gasteiger charge is 2.26. The fourth-order valence-electron chi connectivity index (χ4n) is 2.26. The maximum Gasteiger partial charge on any atom is 0.274 e. The number of hydrogen-bond acceptors (Lipinski definition) is 5. The first-order valence-corrected chi connectivity index (χ1v) is 6.98. The van der Waals surface area contributed by atoms with Crippen molar-refractivity contribution in [3.05, 3.63) is 17.7 Å². The lowest BCUT2D eigenvalue weighted by molar-refractivity contribution is 0.0359. The molecule has 0 aromatic carbocycles. The van der Waals surface area contributed by atoms with Gasteiger partial charge in [0.25, 0.3) is 5.91 Å². The van der Waals surface area contributed by atoms with Crippen LogP contribution in [0.1, 0.15) is 48.9 Å². The third kappa shape index (κ3) is 3.07. The standard InChI is InChI=1S/C14H22N4O2/c1-9(2)13-16-8-11(15)12(17-13)14(19)18(3)10-4-6-20-7-5-10/h8-10H,4-7,15H2,1-3H3. The maximum absolute atomic E-state index is 12.6. The summed E-state index contributed by atoms with van der Waals surface area (Å²) in [5.41, 5.74) is 6.50. The normalized spacial score (nSPS) is 16.4. The molecule has 1 aromatic heterocycles. The van der Waals surface area contributed by atoms with Gasteiger partial charge >= 0.3 is 0 Å². The monoisotopic (exact) mass is 278 g/mol. The van der Waals surface area contributed by atoms with Crippen molar-refractivity contribution in [1.29, 1.82) is 0 Å². The van der Waals surface area contributed by atoms with Crippen molar-refractivity contribution in [2.24, 2.45) is 0 Å². The largest absolute Gasteiger partial charge is 0.396 e. The first kappa shape index (κ1) is 14.7. The van der Waals surface area contributed by atoms with E-state index in [4.69, 9.17) is 10.5 Å². The van der Waals surface area contributed by atoms with Crippen LogP contribution in [-0.4, -0.2) is 47.1 Å². The predicted molar refractivity (Wildman–Crippen MR) is 76.5 cm³/mol. The van der Waals surface area contributed by atoms with E-state index in [1.165, 1.54) is 6.20 Å². The van der Waals surface area contributed by atoms with E-state index in [1.54, 1.807) is 11.9 Å². The minimum atomic E-state index is -0.140. The van der Waals surface area contributed by atoms with Gasteiger partial charge in [0.05, 0.1) is 11.9 Å². The molecule has 0 radical (unpaired) electrons. The van der Waals surface area contributed by atoms with Crippen LogP contribution in [-0.2, 0) is 4.74 Å². The zero-order chi connectivity index (χ0) is 14.7. The van der Waals surface area contributed by atoms with Crippen molar-refractivity contribution in [1.82, 2.24) is 14.9 Å². The van der Waals surface area contributed by atoms with Crippen molar-refractivity contribution >= 4 is 11.6 Å². The van der Waals surface area contributed by atoms with Crippen molar-refractivity contribution in [3.63, 3.8) is 0 Å². The summed E-state index contributed by atoms with van der Waals surface area (Å²) in [6, 6.07) is 0.188. The van der Waals surface area contributed by atoms with E-state index in [-0.39, 0.29) is 17.9 Å². The molecular weight excluding hydrogens is 256 g/mol. The lowest BCUT2D eigenvalue weighted by Crippen LogP contribution is -2.41. The molecule has 0 aliphatic carbocycles. The van der Waals surface area contributed by atoms with Gasteiger partial charge in [-0.25, -0.2) is 9.97 Å². The topological polar surface area (TPSA) is 81.3 Å². The Kier molecular flexibility index (Phi) is 4.54. The van der Waals surface area contributed by atoms with Gasteiger partial charge in [0.2, 0.25) is 0 Å². The van der Waals surface area contributed by atoms with Gasteiger partial charge in [-0.1, -0.05) is 13.8 Å². The molecule has 0 spiro atoms. The number of hydrogen-bond donors (Lipinski definition) is 1. The van der Waals surface area contributed by atoms with E-state index in [0.717, 1.165) is 12.8 Å². The molecule has 6 heteroatoms. The highest BCUT2D eigenvalue weighted by atomic mass is 16.5. The Morgan fingerprint density at radius 1 is 1.45 bits per heavy atom.